The summed E-state index contributed by atoms with van der Waals surface area (Å²) in [5.74, 6) is 1.63. The van der Waals surface area contributed by atoms with Gasteiger partial charge in [0.15, 0.2) is 11.5 Å². The van der Waals surface area contributed by atoms with Gasteiger partial charge in [0.25, 0.3) is 11.8 Å². The summed E-state index contributed by atoms with van der Waals surface area (Å²) >= 11 is 0. The van der Waals surface area contributed by atoms with E-state index in [2.05, 4.69) is 43.3 Å². The molecule has 1 aliphatic heterocycles. The molecule has 12 heteroatoms. The summed E-state index contributed by atoms with van der Waals surface area (Å²) in [6.07, 6.45) is 13.8. The fourth-order valence-electron chi connectivity index (χ4n) is 3.82. The average Bonchev–Trinajstić information content (AvgIpc) is 3.60. The normalized spacial score (nSPS) is 16.9. The van der Waals surface area contributed by atoms with Gasteiger partial charge in [-0.1, -0.05) is 6.42 Å². The number of aliphatic hydroxyl groups excluding tert-OH is 1. The summed E-state index contributed by atoms with van der Waals surface area (Å²) in [5.41, 5.74) is -1.61. The minimum Gasteiger partial charge on any atom is -0.473 e. The van der Waals surface area contributed by atoms with Crippen molar-refractivity contribution in [3.8, 4) is 11.7 Å². The van der Waals surface area contributed by atoms with Crippen LogP contribution >= 0.6 is 0 Å². The standard InChI is InChI=1S/C12H15N5O.C10H16FN3O2.C2H4/c1-2-4-10(5-3-1)18-12-7-14-11(6-15-12)17-9-13-8-16-17;1-10(2,11)8-12-9(13-16-8)14-5-3-7(15)4-6-14;1-2/h6-10H,1-5H2;7,15H,3-6H2,1-2H3;1-2H2. The molecule has 4 heterocycles. The van der Waals surface area contributed by atoms with Gasteiger partial charge in [-0.05, 0) is 57.5 Å². The Kier molecular flexibility index (Phi) is 9.86. The number of hydrogen-bond donors (Lipinski definition) is 1. The highest BCUT2D eigenvalue weighted by Crippen LogP contribution is 2.25. The summed E-state index contributed by atoms with van der Waals surface area (Å²) in [6.45, 7) is 10.1. The van der Waals surface area contributed by atoms with Crippen LogP contribution in [0.15, 0.2) is 42.7 Å². The molecule has 0 amide bonds. The molecule has 1 saturated heterocycles. The van der Waals surface area contributed by atoms with Crippen molar-refractivity contribution >= 4 is 5.95 Å². The SMILES string of the molecule is C=C.CC(C)(F)c1nc(N2CCC(O)CC2)no1.c1ncn(-c2cnc(OC3CCCCC3)cn2)n1. The number of piperidine rings is 1. The van der Waals surface area contributed by atoms with Crippen molar-refractivity contribution in [1.82, 2.24) is 34.9 Å². The van der Waals surface area contributed by atoms with E-state index in [9.17, 15) is 9.50 Å². The predicted molar refractivity (Wildman–Crippen MR) is 132 cm³/mol. The zero-order chi connectivity index (χ0) is 26.0. The third kappa shape index (κ3) is 7.80. The third-order valence-electron chi connectivity index (χ3n) is 5.78. The van der Waals surface area contributed by atoms with E-state index in [0.717, 1.165) is 12.8 Å². The molecule has 1 N–H and O–H groups in total. The first-order valence-electron chi connectivity index (χ1n) is 12.2. The van der Waals surface area contributed by atoms with Gasteiger partial charge in [-0.25, -0.2) is 24.0 Å². The number of halogens is 1. The van der Waals surface area contributed by atoms with Crippen LogP contribution in [0.4, 0.5) is 10.3 Å². The summed E-state index contributed by atoms with van der Waals surface area (Å²) in [4.78, 5) is 18.3. The zero-order valence-corrected chi connectivity index (χ0v) is 21.0. The lowest BCUT2D eigenvalue weighted by molar-refractivity contribution is 0.144. The number of anilines is 1. The topological polar surface area (TPSA) is 128 Å². The number of nitrogens with zero attached hydrogens (tertiary/aromatic N) is 8. The van der Waals surface area contributed by atoms with E-state index in [0.29, 0.717) is 49.7 Å². The first-order chi connectivity index (χ1) is 17.4. The van der Waals surface area contributed by atoms with Gasteiger partial charge < -0.3 is 19.3 Å². The van der Waals surface area contributed by atoms with Crippen LogP contribution in [0.1, 0.15) is 64.7 Å². The molecule has 11 nitrogen and oxygen atoms in total. The lowest BCUT2D eigenvalue weighted by Crippen LogP contribution is -2.36. The Morgan fingerprint density at radius 1 is 1.08 bits per heavy atom. The van der Waals surface area contributed by atoms with Crippen molar-refractivity contribution in [2.45, 2.75) is 76.7 Å². The highest BCUT2D eigenvalue weighted by Gasteiger charge is 2.29. The van der Waals surface area contributed by atoms with Gasteiger partial charge in [0.05, 0.1) is 18.5 Å². The second kappa shape index (κ2) is 13.1. The summed E-state index contributed by atoms with van der Waals surface area (Å²) in [5, 5.41) is 17.1. The molecular weight excluding hydrogens is 467 g/mol. The van der Waals surface area contributed by atoms with E-state index in [1.54, 1.807) is 23.4 Å². The number of aliphatic hydroxyl groups is 1. The molecule has 5 rings (SSSR count). The lowest BCUT2D eigenvalue weighted by atomic mass is 9.98. The summed E-state index contributed by atoms with van der Waals surface area (Å²) < 4.78 is 25.8. The van der Waals surface area contributed by atoms with Crippen molar-refractivity contribution < 1.29 is 18.8 Å². The number of hydrogen-bond acceptors (Lipinski definition) is 10. The maximum atomic E-state index is 13.5. The number of rotatable bonds is 5. The maximum absolute atomic E-state index is 13.5. The second-order valence-electron chi connectivity index (χ2n) is 9.02. The van der Waals surface area contributed by atoms with Crippen molar-refractivity contribution in [1.29, 1.82) is 0 Å². The molecule has 0 unspecified atom stereocenters. The minimum absolute atomic E-state index is 0.00591. The van der Waals surface area contributed by atoms with Crippen LogP contribution in [-0.4, -0.2) is 65.3 Å². The average molecular weight is 503 g/mol. The van der Waals surface area contributed by atoms with Crippen molar-refractivity contribution in [3.05, 3.63) is 44.1 Å². The molecule has 0 bridgehead atoms. The summed E-state index contributed by atoms with van der Waals surface area (Å²) in [7, 11) is 0. The van der Waals surface area contributed by atoms with Crippen LogP contribution < -0.4 is 9.64 Å². The highest BCUT2D eigenvalue weighted by molar-refractivity contribution is 5.29. The molecule has 3 aromatic heterocycles. The molecule has 1 aliphatic carbocycles. The number of aromatic nitrogens is 7. The van der Waals surface area contributed by atoms with Crippen LogP contribution in [0, 0.1) is 0 Å². The fourth-order valence-corrected chi connectivity index (χ4v) is 3.82. The van der Waals surface area contributed by atoms with Gasteiger partial charge in [-0.3, -0.25) is 0 Å². The Balaban J connectivity index is 0.000000189. The maximum Gasteiger partial charge on any atom is 0.266 e. The highest BCUT2D eigenvalue weighted by atomic mass is 19.1. The Morgan fingerprint density at radius 3 is 2.36 bits per heavy atom. The van der Waals surface area contributed by atoms with E-state index in [1.165, 1.54) is 39.4 Å². The lowest BCUT2D eigenvalue weighted by Gasteiger charge is -2.27. The molecule has 2 fully saturated rings. The molecule has 3 aromatic rings. The van der Waals surface area contributed by atoms with E-state index >= 15 is 0 Å². The van der Waals surface area contributed by atoms with Gasteiger partial charge >= 0.3 is 0 Å². The predicted octanol–water partition coefficient (Wildman–Crippen LogP) is 3.81. The van der Waals surface area contributed by atoms with Gasteiger partial charge in [0.2, 0.25) is 5.88 Å². The molecule has 0 aromatic carbocycles. The van der Waals surface area contributed by atoms with Crippen LogP contribution in [0.5, 0.6) is 5.88 Å². The molecule has 196 valence electrons. The van der Waals surface area contributed by atoms with Crippen molar-refractivity contribution in [3.63, 3.8) is 0 Å². The molecule has 1 saturated carbocycles. The molecular formula is C24H35FN8O3. The third-order valence-corrected chi connectivity index (χ3v) is 5.78. The van der Waals surface area contributed by atoms with Gasteiger partial charge in [-0.15, -0.1) is 13.2 Å². The smallest absolute Gasteiger partial charge is 0.266 e. The largest absolute Gasteiger partial charge is 0.473 e. The molecule has 36 heavy (non-hydrogen) atoms. The Bertz CT molecular complexity index is 1010. The van der Waals surface area contributed by atoms with E-state index < -0.39 is 5.67 Å². The first-order valence-corrected chi connectivity index (χ1v) is 12.2. The first kappa shape index (κ1) is 27.2. The Morgan fingerprint density at radius 2 is 1.81 bits per heavy atom. The molecule has 0 spiro atoms. The fraction of sp³-hybridized carbons (Fsp3) is 0.583. The van der Waals surface area contributed by atoms with Gasteiger partial charge in [-0.2, -0.15) is 10.1 Å². The van der Waals surface area contributed by atoms with Crippen LogP contribution in [0.3, 0.4) is 0 Å². The number of ether oxygens (including phenoxy) is 1. The quantitative estimate of drug-likeness (QED) is 0.514. The molecule has 0 atom stereocenters. The van der Waals surface area contributed by atoms with Crippen LogP contribution in [0.2, 0.25) is 0 Å². The number of alkyl halides is 1. The Labute approximate surface area is 210 Å². The summed E-state index contributed by atoms with van der Waals surface area (Å²) in [6, 6.07) is 0. The second-order valence-corrected chi connectivity index (χ2v) is 9.02. The van der Waals surface area contributed by atoms with Crippen LogP contribution in [-0.2, 0) is 5.67 Å². The van der Waals surface area contributed by atoms with E-state index in [1.807, 2.05) is 4.90 Å². The van der Waals surface area contributed by atoms with Gasteiger partial charge in [0.1, 0.15) is 18.8 Å². The van der Waals surface area contributed by atoms with E-state index in [-0.39, 0.29) is 12.0 Å². The molecule has 2 aliphatic rings. The Hall–Kier alpha value is -3.41. The van der Waals surface area contributed by atoms with E-state index in [4.69, 9.17) is 9.26 Å². The van der Waals surface area contributed by atoms with Gasteiger partial charge in [0, 0.05) is 13.1 Å². The van der Waals surface area contributed by atoms with Crippen molar-refractivity contribution in [2.75, 3.05) is 18.0 Å². The monoisotopic (exact) mass is 502 g/mol. The minimum atomic E-state index is -1.61. The van der Waals surface area contributed by atoms with Crippen LogP contribution in [0.25, 0.3) is 5.82 Å². The molecule has 0 radical (unpaired) electrons. The van der Waals surface area contributed by atoms with Crippen molar-refractivity contribution in [2.24, 2.45) is 0 Å². The zero-order valence-electron chi connectivity index (χ0n) is 21.0.